The quantitative estimate of drug-likeness (QED) is 0.730. The van der Waals surface area contributed by atoms with Crippen LogP contribution >= 0.6 is 0 Å². The molecule has 2 aromatic rings. The van der Waals surface area contributed by atoms with Crippen LogP contribution in [0.25, 0.3) is 0 Å². The fourth-order valence-corrected chi connectivity index (χ4v) is 1.03. The molecule has 0 atom stereocenters. The first-order valence-electron chi connectivity index (χ1n) is 4.25. The lowest BCUT2D eigenvalue weighted by Gasteiger charge is -1.91. The molecule has 7 heteroatoms. The molecule has 14 heavy (non-hydrogen) atoms. The van der Waals surface area contributed by atoms with Crippen molar-refractivity contribution in [2.24, 2.45) is 0 Å². The minimum atomic E-state index is 0.379. The summed E-state index contributed by atoms with van der Waals surface area (Å²) < 4.78 is 6.49. The Kier molecular flexibility index (Phi) is 2.13. The maximum absolute atomic E-state index is 5.40. The van der Waals surface area contributed by atoms with Gasteiger partial charge in [-0.3, -0.25) is 0 Å². The lowest BCUT2D eigenvalue weighted by Crippen LogP contribution is -2.02. The maximum Gasteiger partial charge on any atom is 0.226 e. The van der Waals surface area contributed by atoms with Crippen molar-refractivity contribution in [3.05, 3.63) is 17.9 Å². The van der Waals surface area contributed by atoms with Gasteiger partial charge in [0.2, 0.25) is 5.89 Å². The molecule has 2 N–H and O–H groups in total. The summed E-state index contributed by atoms with van der Waals surface area (Å²) in [4.78, 5) is 4.13. The number of rotatable bonds is 3. The Morgan fingerprint density at radius 2 is 2.43 bits per heavy atom. The first-order chi connectivity index (χ1) is 6.78. The van der Waals surface area contributed by atoms with Gasteiger partial charge in [0.15, 0.2) is 11.6 Å². The van der Waals surface area contributed by atoms with E-state index in [0.717, 1.165) is 6.42 Å². The minimum absolute atomic E-state index is 0.379. The molecule has 0 radical (unpaired) electrons. The van der Waals surface area contributed by atoms with Gasteiger partial charge >= 0.3 is 0 Å². The van der Waals surface area contributed by atoms with Gasteiger partial charge in [-0.1, -0.05) is 17.3 Å². The second-order valence-corrected chi connectivity index (χ2v) is 2.80. The van der Waals surface area contributed by atoms with Crippen LogP contribution in [0.3, 0.4) is 0 Å². The molecule has 0 aliphatic heterocycles. The van der Waals surface area contributed by atoms with E-state index in [1.165, 1.54) is 0 Å². The Labute approximate surface area is 79.9 Å². The Balaban J connectivity index is 2.10. The van der Waals surface area contributed by atoms with Gasteiger partial charge in [0.1, 0.15) is 6.54 Å². The Morgan fingerprint density at radius 3 is 3.00 bits per heavy atom. The summed E-state index contributed by atoms with van der Waals surface area (Å²) in [6.45, 7) is 2.37. The molecule has 0 amide bonds. The predicted octanol–water partition coefficient (Wildman–Crippen LogP) is -0.146. The smallest absolute Gasteiger partial charge is 0.226 e. The van der Waals surface area contributed by atoms with Gasteiger partial charge in [0, 0.05) is 6.42 Å². The van der Waals surface area contributed by atoms with Gasteiger partial charge in [-0.05, 0) is 0 Å². The average Bonchev–Trinajstić information content (AvgIpc) is 2.76. The Morgan fingerprint density at radius 1 is 1.57 bits per heavy atom. The highest BCUT2D eigenvalue weighted by atomic mass is 16.5. The lowest BCUT2D eigenvalue weighted by atomic mass is 10.5. The van der Waals surface area contributed by atoms with Gasteiger partial charge in [0.05, 0.1) is 6.20 Å². The van der Waals surface area contributed by atoms with Crippen LogP contribution in [0.15, 0.2) is 10.7 Å². The van der Waals surface area contributed by atoms with Crippen LogP contribution in [0.2, 0.25) is 0 Å². The largest absolute Gasteiger partial charge is 0.381 e. The molecule has 0 saturated heterocycles. The molecule has 2 rings (SSSR count). The van der Waals surface area contributed by atoms with E-state index >= 15 is 0 Å². The van der Waals surface area contributed by atoms with Crippen LogP contribution in [0.4, 0.5) is 5.82 Å². The van der Waals surface area contributed by atoms with Gasteiger partial charge < -0.3 is 10.3 Å². The van der Waals surface area contributed by atoms with Crippen LogP contribution < -0.4 is 5.73 Å². The molecule has 7 nitrogen and oxygen atoms in total. The molecule has 0 aliphatic carbocycles. The highest BCUT2D eigenvalue weighted by Gasteiger charge is 2.05. The zero-order chi connectivity index (χ0) is 9.97. The number of aryl methyl sites for hydroxylation is 1. The lowest BCUT2D eigenvalue weighted by molar-refractivity contribution is 0.374. The molecule has 0 fully saturated rings. The summed E-state index contributed by atoms with van der Waals surface area (Å²) in [5, 5.41) is 11.2. The molecular weight excluding hydrogens is 184 g/mol. The average molecular weight is 194 g/mol. The van der Waals surface area contributed by atoms with Gasteiger partial charge in [-0.15, -0.1) is 5.10 Å². The summed E-state index contributed by atoms with van der Waals surface area (Å²) in [5.74, 6) is 1.57. The van der Waals surface area contributed by atoms with E-state index in [1.807, 2.05) is 6.92 Å². The monoisotopic (exact) mass is 194 g/mol. The van der Waals surface area contributed by atoms with Crippen molar-refractivity contribution >= 4 is 5.82 Å². The second-order valence-electron chi connectivity index (χ2n) is 2.80. The third-order valence-electron chi connectivity index (χ3n) is 1.67. The third-order valence-corrected chi connectivity index (χ3v) is 1.67. The first-order valence-corrected chi connectivity index (χ1v) is 4.25. The number of nitrogens with two attached hydrogens (primary N) is 1. The van der Waals surface area contributed by atoms with Crippen LogP contribution in [-0.2, 0) is 13.0 Å². The highest BCUT2D eigenvalue weighted by Crippen LogP contribution is 2.01. The van der Waals surface area contributed by atoms with Crippen molar-refractivity contribution in [3.8, 4) is 0 Å². The van der Waals surface area contributed by atoms with Crippen LogP contribution in [-0.4, -0.2) is 25.1 Å². The molecule has 0 unspecified atom stereocenters. The first kappa shape index (κ1) is 8.67. The van der Waals surface area contributed by atoms with Gasteiger partial charge in [-0.2, -0.15) is 4.98 Å². The number of nitrogens with zero attached hydrogens (tertiary/aromatic N) is 5. The normalized spacial score (nSPS) is 10.6. The number of anilines is 1. The van der Waals surface area contributed by atoms with E-state index in [2.05, 4.69) is 20.5 Å². The summed E-state index contributed by atoms with van der Waals surface area (Å²) >= 11 is 0. The van der Waals surface area contributed by atoms with Gasteiger partial charge in [0.25, 0.3) is 0 Å². The zero-order valence-corrected chi connectivity index (χ0v) is 7.71. The van der Waals surface area contributed by atoms with Crippen molar-refractivity contribution in [2.45, 2.75) is 19.9 Å². The summed E-state index contributed by atoms with van der Waals surface area (Å²) in [7, 11) is 0. The number of hydrogen-bond acceptors (Lipinski definition) is 6. The molecular formula is C7H10N6O. The van der Waals surface area contributed by atoms with E-state index < -0.39 is 0 Å². The second kappa shape index (κ2) is 3.44. The predicted molar refractivity (Wildman–Crippen MR) is 47.2 cm³/mol. The molecule has 2 aromatic heterocycles. The molecule has 0 spiro atoms. The number of aromatic nitrogens is 5. The number of nitrogen functional groups attached to an aromatic ring is 1. The standard InChI is InChI=1S/C7H10N6O/c1-2-7-9-6(11-14-7)4-13-3-5(8)10-12-13/h3H,2,4,8H2,1H3. The molecule has 2 heterocycles. The van der Waals surface area contributed by atoms with Crippen LogP contribution in [0.5, 0.6) is 0 Å². The highest BCUT2D eigenvalue weighted by molar-refractivity contribution is 5.19. The van der Waals surface area contributed by atoms with Gasteiger partial charge in [-0.25, -0.2) is 4.68 Å². The molecule has 0 bridgehead atoms. The summed E-state index contributed by atoms with van der Waals surface area (Å²) in [6, 6.07) is 0. The topological polar surface area (TPSA) is 95.7 Å². The third kappa shape index (κ3) is 1.70. The molecule has 74 valence electrons. The maximum atomic E-state index is 5.40. The Hall–Kier alpha value is -1.92. The SMILES string of the molecule is CCc1nc(Cn2cc(N)nn2)no1. The molecule has 0 aromatic carbocycles. The van der Waals surface area contributed by atoms with E-state index in [4.69, 9.17) is 10.3 Å². The van der Waals surface area contributed by atoms with Crippen molar-refractivity contribution in [1.82, 2.24) is 25.1 Å². The molecule has 0 aliphatic rings. The summed E-state index contributed by atoms with van der Waals surface area (Å²) in [5.41, 5.74) is 5.40. The Bertz CT molecular complexity index is 419. The minimum Gasteiger partial charge on any atom is -0.381 e. The van der Waals surface area contributed by atoms with E-state index in [0.29, 0.717) is 24.1 Å². The van der Waals surface area contributed by atoms with Crippen molar-refractivity contribution in [2.75, 3.05) is 5.73 Å². The van der Waals surface area contributed by atoms with Crippen LogP contribution in [0.1, 0.15) is 18.6 Å². The van der Waals surface area contributed by atoms with E-state index in [9.17, 15) is 0 Å². The van der Waals surface area contributed by atoms with Crippen LogP contribution in [0, 0.1) is 0 Å². The van der Waals surface area contributed by atoms with E-state index in [1.54, 1.807) is 10.9 Å². The van der Waals surface area contributed by atoms with Crippen molar-refractivity contribution in [3.63, 3.8) is 0 Å². The summed E-state index contributed by atoms with van der Waals surface area (Å²) in [6.07, 6.45) is 2.34. The van der Waals surface area contributed by atoms with E-state index in [-0.39, 0.29) is 0 Å². The van der Waals surface area contributed by atoms with Crippen molar-refractivity contribution < 1.29 is 4.52 Å². The fraction of sp³-hybridized carbons (Fsp3) is 0.429. The fourth-order valence-electron chi connectivity index (χ4n) is 1.03. The number of hydrogen-bond donors (Lipinski definition) is 1. The zero-order valence-electron chi connectivity index (χ0n) is 7.71. The molecule has 0 saturated carbocycles. The van der Waals surface area contributed by atoms with Crippen molar-refractivity contribution in [1.29, 1.82) is 0 Å².